The Labute approximate surface area is 109 Å². The standard InChI is InChI=1S/C15H26OSi/c1-6-14(16-17)13-9-7-8-12(10(2)3)15(13)11(4)5/h7-11,14H,6H2,1-5,17H3. The van der Waals surface area contributed by atoms with Gasteiger partial charge in [0.25, 0.3) is 0 Å². The molecule has 1 atom stereocenters. The van der Waals surface area contributed by atoms with Crippen molar-refractivity contribution in [3.8, 4) is 0 Å². The third-order valence-corrected chi connectivity index (χ3v) is 3.94. The van der Waals surface area contributed by atoms with Crippen molar-refractivity contribution in [3.05, 3.63) is 34.9 Å². The fourth-order valence-corrected chi connectivity index (χ4v) is 3.15. The first kappa shape index (κ1) is 14.5. The summed E-state index contributed by atoms with van der Waals surface area (Å²) in [5, 5.41) is 0. The van der Waals surface area contributed by atoms with E-state index in [0.29, 0.717) is 11.8 Å². The van der Waals surface area contributed by atoms with Gasteiger partial charge in [0.1, 0.15) is 10.5 Å². The minimum Gasteiger partial charge on any atom is -0.421 e. The summed E-state index contributed by atoms with van der Waals surface area (Å²) in [5.41, 5.74) is 4.39. The Hall–Kier alpha value is -0.603. The predicted octanol–water partition coefficient (Wildman–Crippen LogP) is 3.68. The van der Waals surface area contributed by atoms with E-state index in [2.05, 4.69) is 52.8 Å². The SMILES string of the molecule is CCC(O[SiH3])c1cccc(C(C)C)c1C(C)C. The summed E-state index contributed by atoms with van der Waals surface area (Å²) in [6, 6.07) is 6.69. The van der Waals surface area contributed by atoms with E-state index < -0.39 is 0 Å². The Morgan fingerprint density at radius 1 is 1.06 bits per heavy atom. The quantitative estimate of drug-likeness (QED) is 0.724. The van der Waals surface area contributed by atoms with Crippen LogP contribution in [0.15, 0.2) is 18.2 Å². The van der Waals surface area contributed by atoms with Gasteiger partial charge in [-0.05, 0) is 34.9 Å². The molecule has 96 valence electrons. The summed E-state index contributed by atoms with van der Waals surface area (Å²) in [6.45, 7) is 11.3. The van der Waals surface area contributed by atoms with Gasteiger partial charge in [0, 0.05) is 0 Å². The van der Waals surface area contributed by atoms with Crippen molar-refractivity contribution in [1.82, 2.24) is 0 Å². The van der Waals surface area contributed by atoms with E-state index in [1.807, 2.05) is 0 Å². The van der Waals surface area contributed by atoms with Gasteiger partial charge in [-0.2, -0.15) is 0 Å². The van der Waals surface area contributed by atoms with Crippen LogP contribution in [0.2, 0.25) is 0 Å². The Morgan fingerprint density at radius 2 is 1.65 bits per heavy atom. The van der Waals surface area contributed by atoms with Gasteiger partial charge in [-0.15, -0.1) is 0 Å². The van der Waals surface area contributed by atoms with Gasteiger partial charge in [0.2, 0.25) is 0 Å². The predicted molar refractivity (Wildman–Crippen MR) is 78.7 cm³/mol. The molecule has 0 radical (unpaired) electrons. The molecule has 1 aromatic rings. The summed E-state index contributed by atoms with van der Waals surface area (Å²) in [6.07, 6.45) is 1.35. The summed E-state index contributed by atoms with van der Waals surface area (Å²) in [4.78, 5) is 0. The van der Waals surface area contributed by atoms with Crippen LogP contribution in [0.4, 0.5) is 0 Å². The molecule has 1 nitrogen and oxygen atoms in total. The molecule has 1 rings (SSSR count). The van der Waals surface area contributed by atoms with E-state index in [9.17, 15) is 0 Å². The second kappa shape index (κ2) is 6.36. The topological polar surface area (TPSA) is 9.23 Å². The van der Waals surface area contributed by atoms with E-state index in [1.165, 1.54) is 16.7 Å². The minimum atomic E-state index is 0.290. The van der Waals surface area contributed by atoms with Crippen molar-refractivity contribution in [2.24, 2.45) is 0 Å². The fourth-order valence-electron chi connectivity index (χ4n) is 2.57. The molecule has 0 aliphatic rings. The van der Waals surface area contributed by atoms with Crippen molar-refractivity contribution in [1.29, 1.82) is 0 Å². The van der Waals surface area contributed by atoms with Crippen molar-refractivity contribution in [3.63, 3.8) is 0 Å². The van der Waals surface area contributed by atoms with E-state index in [0.717, 1.165) is 16.9 Å². The van der Waals surface area contributed by atoms with Crippen LogP contribution in [-0.2, 0) is 4.43 Å². The first-order chi connectivity index (χ1) is 8.02. The second-order valence-electron chi connectivity index (χ2n) is 5.29. The first-order valence-electron chi connectivity index (χ1n) is 6.68. The Balaban J connectivity index is 3.34. The van der Waals surface area contributed by atoms with Crippen LogP contribution in [0.5, 0.6) is 0 Å². The smallest absolute Gasteiger partial charge is 0.146 e. The normalized spacial score (nSPS) is 13.6. The molecule has 0 N–H and O–H groups in total. The highest BCUT2D eigenvalue weighted by Crippen LogP contribution is 2.34. The van der Waals surface area contributed by atoms with Gasteiger partial charge in [0.15, 0.2) is 0 Å². The zero-order valence-corrected chi connectivity index (χ0v) is 14.1. The zero-order chi connectivity index (χ0) is 13.0. The highest BCUT2D eigenvalue weighted by Gasteiger charge is 2.18. The lowest BCUT2D eigenvalue weighted by atomic mass is 9.85. The molecule has 0 bridgehead atoms. The molecule has 0 spiro atoms. The average molecular weight is 250 g/mol. The van der Waals surface area contributed by atoms with Gasteiger partial charge in [-0.3, -0.25) is 0 Å². The van der Waals surface area contributed by atoms with Gasteiger partial charge >= 0.3 is 0 Å². The van der Waals surface area contributed by atoms with Gasteiger partial charge in [-0.25, -0.2) is 0 Å². The molecule has 0 heterocycles. The lowest BCUT2D eigenvalue weighted by Gasteiger charge is -2.24. The summed E-state index contributed by atoms with van der Waals surface area (Å²) in [7, 11) is 0.805. The molecule has 0 amide bonds. The summed E-state index contributed by atoms with van der Waals surface area (Å²) in [5.74, 6) is 1.15. The number of rotatable bonds is 5. The van der Waals surface area contributed by atoms with E-state index >= 15 is 0 Å². The molecule has 0 aliphatic heterocycles. The molecule has 0 saturated carbocycles. The lowest BCUT2D eigenvalue weighted by Crippen LogP contribution is -2.09. The van der Waals surface area contributed by atoms with Gasteiger partial charge < -0.3 is 4.43 Å². The largest absolute Gasteiger partial charge is 0.421 e. The molecule has 0 aromatic heterocycles. The van der Waals surface area contributed by atoms with Crippen molar-refractivity contribution in [2.75, 3.05) is 0 Å². The maximum atomic E-state index is 5.75. The van der Waals surface area contributed by atoms with Crippen LogP contribution in [0.25, 0.3) is 0 Å². The second-order valence-corrected chi connectivity index (χ2v) is 5.76. The van der Waals surface area contributed by atoms with Crippen molar-refractivity contribution in [2.45, 2.75) is 59.0 Å². The van der Waals surface area contributed by atoms with Gasteiger partial charge in [-0.1, -0.05) is 52.8 Å². The van der Waals surface area contributed by atoms with Crippen molar-refractivity contribution < 1.29 is 4.43 Å². The number of hydrogen-bond donors (Lipinski definition) is 0. The number of benzene rings is 1. The Kier molecular flexibility index (Phi) is 5.41. The molecule has 1 aromatic carbocycles. The number of hydrogen-bond acceptors (Lipinski definition) is 1. The van der Waals surface area contributed by atoms with Crippen LogP contribution in [-0.4, -0.2) is 10.5 Å². The molecular weight excluding hydrogens is 224 g/mol. The van der Waals surface area contributed by atoms with Crippen LogP contribution < -0.4 is 0 Å². The molecule has 17 heavy (non-hydrogen) atoms. The molecule has 2 heteroatoms. The van der Waals surface area contributed by atoms with Gasteiger partial charge in [0.05, 0.1) is 6.10 Å². The summed E-state index contributed by atoms with van der Waals surface area (Å²) >= 11 is 0. The van der Waals surface area contributed by atoms with Crippen LogP contribution in [0, 0.1) is 0 Å². The maximum absolute atomic E-state index is 5.75. The van der Waals surface area contributed by atoms with Crippen molar-refractivity contribution >= 4 is 10.5 Å². The highest BCUT2D eigenvalue weighted by molar-refractivity contribution is 5.98. The molecule has 0 fully saturated rings. The Morgan fingerprint density at radius 3 is 2.06 bits per heavy atom. The van der Waals surface area contributed by atoms with Crippen LogP contribution in [0.1, 0.15) is 75.7 Å². The molecule has 0 aliphatic carbocycles. The third-order valence-electron chi connectivity index (χ3n) is 3.38. The lowest BCUT2D eigenvalue weighted by molar-refractivity contribution is 0.220. The Bertz CT molecular complexity index is 354. The molecular formula is C15H26OSi. The zero-order valence-electron chi connectivity index (χ0n) is 12.1. The minimum absolute atomic E-state index is 0.290. The first-order valence-corrected chi connectivity index (χ1v) is 7.50. The molecule has 0 saturated heterocycles. The maximum Gasteiger partial charge on any atom is 0.146 e. The molecule has 1 unspecified atom stereocenters. The summed E-state index contributed by atoms with van der Waals surface area (Å²) < 4.78 is 5.75. The monoisotopic (exact) mass is 250 g/mol. The van der Waals surface area contributed by atoms with E-state index in [4.69, 9.17) is 4.43 Å². The van der Waals surface area contributed by atoms with Crippen LogP contribution >= 0.6 is 0 Å². The fraction of sp³-hybridized carbons (Fsp3) is 0.600. The third kappa shape index (κ3) is 3.20. The van der Waals surface area contributed by atoms with Crippen LogP contribution in [0.3, 0.4) is 0 Å². The van der Waals surface area contributed by atoms with E-state index in [1.54, 1.807) is 0 Å². The average Bonchev–Trinajstić information content (AvgIpc) is 2.30. The van der Waals surface area contributed by atoms with E-state index in [-0.39, 0.29) is 6.10 Å². The highest BCUT2D eigenvalue weighted by atomic mass is 28.2.